The average molecular weight is 873 g/mol. The first-order chi connectivity index (χ1) is 33.7. The predicted molar refractivity (Wildman–Crippen MR) is 282 cm³/mol. The van der Waals surface area contributed by atoms with Crippen molar-refractivity contribution in [2.24, 2.45) is 0 Å². The Hall–Kier alpha value is -8.93. The van der Waals surface area contributed by atoms with Crippen LogP contribution in [0.4, 0.5) is 0 Å². The molecule has 0 aliphatic carbocycles. The molecule has 0 amide bonds. The lowest BCUT2D eigenvalue weighted by Gasteiger charge is -2.21. The second-order valence-electron chi connectivity index (χ2n) is 17.1. The third-order valence-corrected chi connectivity index (χ3v) is 12.8. The Labute approximate surface area is 394 Å². The summed E-state index contributed by atoms with van der Waals surface area (Å²) in [7, 11) is 0. The van der Waals surface area contributed by atoms with E-state index in [4.69, 9.17) is 19.4 Å². The molecule has 68 heavy (non-hydrogen) atoms. The minimum atomic E-state index is 0.580. The van der Waals surface area contributed by atoms with Gasteiger partial charge in [0.25, 0.3) is 0 Å². The van der Waals surface area contributed by atoms with Crippen molar-refractivity contribution in [3.63, 3.8) is 0 Å². The monoisotopic (exact) mass is 872 g/mol. The van der Waals surface area contributed by atoms with Gasteiger partial charge in [-0.2, -0.15) is 0 Å². The first kappa shape index (κ1) is 40.6. The molecule has 0 aliphatic rings. The number of nitrogens with zero attached hydrogens (tertiary/aromatic N) is 4. The molecule has 5 nitrogen and oxygen atoms in total. The summed E-state index contributed by atoms with van der Waals surface area (Å²) in [5.74, 6) is 1.76. The van der Waals surface area contributed by atoms with E-state index >= 15 is 0 Å². The number of para-hydroxylation sites is 2. The van der Waals surface area contributed by atoms with Gasteiger partial charge in [-0.05, 0) is 95.8 Å². The number of hydrogen-bond donors (Lipinski definition) is 0. The van der Waals surface area contributed by atoms with E-state index in [0.29, 0.717) is 17.5 Å². The van der Waals surface area contributed by atoms with Crippen LogP contribution in [0.3, 0.4) is 0 Å². The molecule has 5 heteroatoms. The van der Waals surface area contributed by atoms with Gasteiger partial charge in [-0.25, -0.2) is 15.0 Å². The van der Waals surface area contributed by atoms with Gasteiger partial charge in [0, 0.05) is 49.4 Å². The van der Waals surface area contributed by atoms with E-state index in [1.54, 1.807) is 0 Å². The summed E-state index contributed by atoms with van der Waals surface area (Å²) in [6.07, 6.45) is 9.17. The van der Waals surface area contributed by atoms with Gasteiger partial charge in [0.15, 0.2) is 17.5 Å². The zero-order chi connectivity index (χ0) is 45.4. The zero-order valence-electron chi connectivity index (χ0n) is 37.4. The largest absolute Gasteiger partial charge is 0.456 e. The molecule has 0 aliphatic heterocycles. The first-order valence-electron chi connectivity index (χ1n) is 23.1. The summed E-state index contributed by atoms with van der Waals surface area (Å²) in [4.78, 5) is 15.9. The lowest BCUT2D eigenvalue weighted by molar-refractivity contribution is 0.669. The fourth-order valence-electron chi connectivity index (χ4n) is 9.52. The summed E-state index contributed by atoms with van der Waals surface area (Å²) in [5.41, 5.74) is 15.5. The molecule has 3 aromatic heterocycles. The minimum absolute atomic E-state index is 0.580. The Balaban J connectivity index is 1.11. The van der Waals surface area contributed by atoms with Crippen LogP contribution in [0.2, 0.25) is 0 Å². The van der Waals surface area contributed by atoms with Gasteiger partial charge >= 0.3 is 0 Å². The minimum Gasteiger partial charge on any atom is -0.456 e. The number of hydrogen-bond acceptors (Lipinski definition) is 4. The summed E-state index contributed by atoms with van der Waals surface area (Å²) in [6.45, 7) is 2.03. The van der Waals surface area contributed by atoms with Crippen molar-refractivity contribution in [1.29, 1.82) is 0 Å². The number of allylic oxidation sites excluding steroid dienone is 4. The van der Waals surface area contributed by atoms with Gasteiger partial charge in [0.1, 0.15) is 11.2 Å². The molecule has 322 valence electrons. The highest BCUT2D eigenvalue weighted by atomic mass is 16.3. The summed E-state index contributed by atoms with van der Waals surface area (Å²) < 4.78 is 8.71. The molecule has 0 bridgehead atoms. The lowest BCUT2D eigenvalue weighted by atomic mass is 9.92. The van der Waals surface area contributed by atoms with Gasteiger partial charge in [-0.3, -0.25) is 0 Å². The molecule has 12 rings (SSSR count). The highest BCUT2D eigenvalue weighted by Gasteiger charge is 2.24. The lowest BCUT2D eigenvalue weighted by Crippen LogP contribution is -2.04. The molecular formula is C63H44N4O. The highest BCUT2D eigenvalue weighted by molar-refractivity contribution is 6.12. The smallest absolute Gasteiger partial charge is 0.164 e. The van der Waals surface area contributed by atoms with Crippen molar-refractivity contribution in [1.82, 2.24) is 19.5 Å². The molecule has 0 saturated carbocycles. The van der Waals surface area contributed by atoms with E-state index in [2.05, 4.69) is 205 Å². The molecule has 0 spiro atoms. The number of rotatable bonds is 10. The Bertz CT molecular complexity index is 3800. The third kappa shape index (κ3) is 7.46. The highest BCUT2D eigenvalue weighted by Crippen LogP contribution is 2.44. The zero-order valence-corrected chi connectivity index (χ0v) is 37.4. The van der Waals surface area contributed by atoms with E-state index in [-0.39, 0.29) is 0 Å². The van der Waals surface area contributed by atoms with Crippen LogP contribution in [0.1, 0.15) is 12.5 Å². The van der Waals surface area contributed by atoms with Crippen LogP contribution in [0.5, 0.6) is 0 Å². The van der Waals surface area contributed by atoms with Crippen LogP contribution in [-0.4, -0.2) is 19.5 Å². The maximum atomic E-state index is 6.25. The standard InChI is InChI=1S/C63H44N4O/c1-2-3-4-8-19-42-30-32-46(33-31-42)61-64-62(48-35-37-59-55(39-48)51-27-16-18-29-58(51)68-59)66-63(65-61)49-40-52(44-22-11-6-12-23-44)60(53(41-49)45-24-13-7-14-25-45)67-56-28-17-15-26-50(56)54-38-47(34-36-57(54)67)43-20-9-5-10-21-43/h2-18,20-41H,19H2,1H3/b3-2-,8-4-. The Kier molecular flexibility index (Phi) is 10.4. The van der Waals surface area contributed by atoms with Crippen LogP contribution >= 0.6 is 0 Å². The number of aromatic nitrogens is 4. The van der Waals surface area contributed by atoms with Crippen molar-refractivity contribution < 1.29 is 4.42 Å². The van der Waals surface area contributed by atoms with Gasteiger partial charge in [-0.1, -0.05) is 182 Å². The van der Waals surface area contributed by atoms with Crippen molar-refractivity contribution in [3.8, 4) is 73.2 Å². The van der Waals surface area contributed by atoms with Crippen LogP contribution in [-0.2, 0) is 6.42 Å². The van der Waals surface area contributed by atoms with E-state index in [0.717, 1.165) is 84.0 Å². The molecule has 3 heterocycles. The summed E-state index contributed by atoms with van der Waals surface area (Å²) >= 11 is 0. The van der Waals surface area contributed by atoms with Crippen molar-refractivity contribution >= 4 is 43.7 Å². The molecule has 0 N–H and O–H groups in total. The van der Waals surface area contributed by atoms with Gasteiger partial charge in [0.2, 0.25) is 0 Å². The topological polar surface area (TPSA) is 56.7 Å². The third-order valence-electron chi connectivity index (χ3n) is 12.8. The van der Waals surface area contributed by atoms with E-state index in [9.17, 15) is 0 Å². The molecular weight excluding hydrogens is 829 g/mol. The molecule has 12 aromatic rings. The maximum absolute atomic E-state index is 6.25. The fourth-order valence-corrected chi connectivity index (χ4v) is 9.52. The first-order valence-corrected chi connectivity index (χ1v) is 23.1. The van der Waals surface area contributed by atoms with Crippen LogP contribution < -0.4 is 0 Å². The molecule has 0 radical (unpaired) electrons. The van der Waals surface area contributed by atoms with E-state index < -0.39 is 0 Å². The second kappa shape index (κ2) is 17.5. The number of furan rings is 1. The van der Waals surface area contributed by atoms with Crippen LogP contribution in [0.25, 0.3) is 117 Å². The van der Waals surface area contributed by atoms with E-state index in [1.807, 2.05) is 43.3 Å². The molecule has 0 unspecified atom stereocenters. The van der Waals surface area contributed by atoms with Crippen molar-refractivity contribution in [2.45, 2.75) is 13.3 Å². The van der Waals surface area contributed by atoms with Gasteiger partial charge < -0.3 is 8.98 Å². The molecule has 0 atom stereocenters. The summed E-state index contributed by atoms with van der Waals surface area (Å²) in [6, 6.07) is 75.1. The fraction of sp³-hybridized carbons (Fsp3) is 0.0317. The Morgan fingerprint density at radius 2 is 0.926 bits per heavy atom. The Morgan fingerprint density at radius 1 is 0.397 bits per heavy atom. The normalized spacial score (nSPS) is 11.8. The Morgan fingerprint density at radius 3 is 1.62 bits per heavy atom. The quantitative estimate of drug-likeness (QED) is 0.128. The van der Waals surface area contributed by atoms with Gasteiger partial charge in [-0.15, -0.1) is 0 Å². The SMILES string of the molecule is C/C=C\C=C/Cc1ccc(-c2nc(-c3cc(-c4ccccc4)c(-n4c5ccccc5c5cc(-c6ccccc6)ccc54)c(-c4ccccc4)c3)nc(-c3ccc4oc5ccccc5c4c3)n2)cc1. The molecule has 0 fully saturated rings. The number of benzene rings is 9. The van der Waals surface area contributed by atoms with E-state index in [1.165, 1.54) is 27.5 Å². The molecule has 0 saturated heterocycles. The van der Waals surface area contributed by atoms with Crippen LogP contribution in [0, 0.1) is 0 Å². The molecule has 9 aromatic carbocycles. The van der Waals surface area contributed by atoms with Crippen molar-refractivity contribution in [3.05, 3.63) is 242 Å². The summed E-state index contributed by atoms with van der Waals surface area (Å²) in [5, 5.41) is 4.45. The maximum Gasteiger partial charge on any atom is 0.164 e. The number of fused-ring (bicyclic) bond motifs is 6. The second-order valence-corrected chi connectivity index (χ2v) is 17.1. The predicted octanol–water partition coefficient (Wildman–Crippen LogP) is 16.5. The van der Waals surface area contributed by atoms with Crippen LogP contribution in [0.15, 0.2) is 241 Å². The van der Waals surface area contributed by atoms with Gasteiger partial charge in [0.05, 0.1) is 16.7 Å². The average Bonchev–Trinajstić information content (AvgIpc) is 3.95. The van der Waals surface area contributed by atoms with Crippen molar-refractivity contribution in [2.75, 3.05) is 0 Å².